The van der Waals surface area contributed by atoms with Crippen LogP contribution in [0.4, 0.5) is 5.69 Å². The van der Waals surface area contributed by atoms with Crippen LogP contribution in [0.2, 0.25) is 0 Å². The summed E-state index contributed by atoms with van der Waals surface area (Å²) in [5.41, 5.74) is 0.587. The number of hydrogen-bond donors (Lipinski definition) is 2. The molecule has 0 aliphatic heterocycles. The molecule has 9 heteroatoms. The van der Waals surface area contributed by atoms with Gasteiger partial charge in [-0.2, -0.15) is 0 Å². The van der Waals surface area contributed by atoms with Crippen LogP contribution in [-0.2, 0) is 4.79 Å². The number of halogens is 1. The topological polar surface area (TPSA) is 93.2 Å². The van der Waals surface area contributed by atoms with Crippen LogP contribution in [0.1, 0.15) is 9.67 Å². The molecule has 0 atom stereocenters. The molecule has 0 aliphatic carbocycles. The van der Waals surface area contributed by atoms with Gasteiger partial charge in [0.05, 0.1) is 15.2 Å². The van der Waals surface area contributed by atoms with Crippen molar-refractivity contribution >= 4 is 44.8 Å². The van der Waals surface area contributed by atoms with E-state index in [1.165, 1.54) is 11.3 Å². The van der Waals surface area contributed by atoms with Gasteiger partial charge in [0.15, 0.2) is 0 Å². The van der Waals surface area contributed by atoms with E-state index in [2.05, 4.69) is 36.5 Å². The highest BCUT2D eigenvalue weighted by Crippen LogP contribution is 2.22. The Bertz CT molecular complexity index is 900. The van der Waals surface area contributed by atoms with Crippen molar-refractivity contribution in [3.05, 3.63) is 63.5 Å². The zero-order chi connectivity index (χ0) is 18.4. The van der Waals surface area contributed by atoms with Gasteiger partial charge >= 0.3 is 6.01 Å². The molecule has 0 saturated heterocycles. The summed E-state index contributed by atoms with van der Waals surface area (Å²) >= 11 is 4.60. The predicted octanol–water partition coefficient (Wildman–Crippen LogP) is 3.46. The van der Waals surface area contributed by atoms with Crippen LogP contribution in [0.15, 0.2) is 58.6 Å². The zero-order valence-electron chi connectivity index (χ0n) is 13.3. The normalized spacial score (nSPS) is 10.2. The van der Waals surface area contributed by atoms with Gasteiger partial charge in [0.2, 0.25) is 5.91 Å². The van der Waals surface area contributed by atoms with Gasteiger partial charge in [0.1, 0.15) is 5.75 Å². The van der Waals surface area contributed by atoms with Gasteiger partial charge in [-0.15, -0.1) is 11.3 Å². The summed E-state index contributed by atoms with van der Waals surface area (Å²) in [6.45, 7) is -0.121. The summed E-state index contributed by atoms with van der Waals surface area (Å²) in [6, 6.07) is 12.2. The quantitative estimate of drug-likeness (QED) is 0.621. The van der Waals surface area contributed by atoms with Gasteiger partial charge in [0, 0.05) is 18.1 Å². The number of benzene rings is 1. The minimum Gasteiger partial charge on any atom is -0.424 e. The number of nitrogens with one attached hydrogen (secondary N) is 2. The Morgan fingerprint density at radius 3 is 2.46 bits per heavy atom. The van der Waals surface area contributed by atoms with Gasteiger partial charge < -0.3 is 15.4 Å². The van der Waals surface area contributed by atoms with Crippen LogP contribution in [-0.4, -0.2) is 28.3 Å². The molecule has 132 valence electrons. The molecule has 2 heterocycles. The average Bonchev–Trinajstić information content (AvgIpc) is 3.09. The molecule has 0 bridgehead atoms. The third-order valence-electron chi connectivity index (χ3n) is 3.10. The first-order valence-electron chi connectivity index (χ1n) is 7.48. The first-order valence-corrected chi connectivity index (χ1v) is 9.09. The molecular weight excluding hydrogens is 420 g/mol. The fraction of sp³-hybridized carbons (Fsp3) is 0.0588. The van der Waals surface area contributed by atoms with E-state index in [0.717, 1.165) is 3.79 Å². The van der Waals surface area contributed by atoms with E-state index in [1.807, 2.05) is 0 Å². The van der Waals surface area contributed by atoms with Crippen molar-refractivity contribution in [3.8, 4) is 11.8 Å². The van der Waals surface area contributed by atoms with E-state index in [1.54, 1.807) is 54.9 Å². The van der Waals surface area contributed by atoms with Crippen molar-refractivity contribution in [1.29, 1.82) is 0 Å². The third-order valence-corrected chi connectivity index (χ3v) is 4.72. The molecule has 2 amide bonds. The second-order valence-electron chi connectivity index (χ2n) is 4.99. The largest absolute Gasteiger partial charge is 0.424 e. The Labute approximate surface area is 161 Å². The highest BCUT2D eigenvalue weighted by Gasteiger charge is 2.10. The number of aromatic nitrogens is 2. The molecule has 0 aliphatic rings. The molecule has 0 fully saturated rings. The summed E-state index contributed by atoms with van der Waals surface area (Å²) in [5.74, 6) is -0.0673. The Morgan fingerprint density at radius 2 is 1.81 bits per heavy atom. The first-order chi connectivity index (χ1) is 12.6. The Kier molecular flexibility index (Phi) is 5.92. The minimum absolute atomic E-state index is 0.121. The Hall–Kier alpha value is -2.78. The van der Waals surface area contributed by atoms with Crippen molar-refractivity contribution in [2.75, 3.05) is 11.9 Å². The molecule has 26 heavy (non-hydrogen) atoms. The summed E-state index contributed by atoms with van der Waals surface area (Å²) < 4.78 is 6.33. The lowest BCUT2D eigenvalue weighted by molar-refractivity contribution is -0.115. The number of amides is 2. The molecule has 0 radical (unpaired) electrons. The van der Waals surface area contributed by atoms with Crippen molar-refractivity contribution < 1.29 is 14.3 Å². The summed E-state index contributed by atoms with van der Waals surface area (Å²) in [7, 11) is 0. The van der Waals surface area contributed by atoms with Crippen LogP contribution in [0, 0.1) is 0 Å². The molecular formula is C17H13BrN4O3S. The van der Waals surface area contributed by atoms with Crippen molar-refractivity contribution in [1.82, 2.24) is 15.3 Å². The predicted molar refractivity (Wildman–Crippen MR) is 102 cm³/mol. The number of anilines is 1. The van der Waals surface area contributed by atoms with E-state index < -0.39 is 0 Å². The first kappa shape index (κ1) is 18.0. The second kappa shape index (κ2) is 8.54. The van der Waals surface area contributed by atoms with E-state index in [-0.39, 0.29) is 24.4 Å². The van der Waals surface area contributed by atoms with Crippen molar-refractivity contribution in [3.63, 3.8) is 0 Å². The number of nitrogens with zero attached hydrogens (tertiary/aromatic N) is 2. The SMILES string of the molecule is O=C(CNC(=O)c1ccc(Br)s1)Nc1ccc(Oc2ncccn2)cc1. The van der Waals surface area contributed by atoms with Gasteiger partial charge in [-0.05, 0) is 58.4 Å². The number of carbonyl (C=O) groups is 2. The Balaban J connectivity index is 1.49. The lowest BCUT2D eigenvalue weighted by Crippen LogP contribution is -2.32. The molecule has 7 nitrogen and oxygen atoms in total. The lowest BCUT2D eigenvalue weighted by atomic mass is 10.3. The van der Waals surface area contributed by atoms with Crippen LogP contribution in [0.3, 0.4) is 0 Å². The number of rotatable bonds is 6. The zero-order valence-corrected chi connectivity index (χ0v) is 15.7. The highest BCUT2D eigenvalue weighted by atomic mass is 79.9. The van der Waals surface area contributed by atoms with E-state index in [4.69, 9.17) is 4.74 Å². The van der Waals surface area contributed by atoms with Crippen LogP contribution in [0.5, 0.6) is 11.8 Å². The fourth-order valence-electron chi connectivity index (χ4n) is 1.94. The van der Waals surface area contributed by atoms with E-state index >= 15 is 0 Å². The van der Waals surface area contributed by atoms with Crippen LogP contribution < -0.4 is 15.4 Å². The maximum Gasteiger partial charge on any atom is 0.321 e. The molecule has 3 rings (SSSR count). The van der Waals surface area contributed by atoms with E-state index in [0.29, 0.717) is 16.3 Å². The molecule has 0 unspecified atom stereocenters. The standard InChI is InChI=1S/C17H13BrN4O3S/c18-14-7-6-13(26-14)16(24)21-10-15(23)22-11-2-4-12(5-3-11)25-17-19-8-1-9-20-17/h1-9H,10H2,(H,21,24)(H,22,23). The van der Waals surface area contributed by atoms with Gasteiger partial charge in [-0.3, -0.25) is 9.59 Å². The molecule has 3 aromatic rings. The fourth-order valence-corrected chi connectivity index (χ4v) is 3.24. The summed E-state index contributed by atoms with van der Waals surface area (Å²) in [5, 5.41) is 5.27. The number of hydrogen-bond acceptors (Lipinski definition) is 6. The van der Waals surface area contributed by atoms with Crippen LogP contribution >= 0.6 is 27.3 Å². The van der Waals surface area contributed by atoms with Crippen molar-refractivity contribution in [2.24, 2.45) is 0 Å². The number of ether oxygens (including phenoxy) is 1. The molecule has 0 spiro atoms. The van der Waals surface area contributed by atoms with Crippen molar-refractivity contribution in [2.45, 2.75) is 0 Å². The van der Waals surface area contributed by atoms with Gasteiger partial charge in [-0.1, -0.05) is 0 Å². The third kappa shape index (κ3) is 5.11. The maximum atomic E-state index is 11.9. The highest BCUT2D eigenvalue weighted by molar-refractivity contribution is 9.11. The average molecular weight is 433 g/mol. The lowest BCUT2D eigenvalue weighted by Gasteiger charge is -2.07. The minimum atomic E-state index is -0.325. The maximum absolute atomic E-state index is 11.9. The van der Waals surface area contributed by atoms with Gasteiger partial charge in [-0.25, -0.2) is 9.97 Å². The summed E-state index contributed by atoms with van der Waals surface area (Å²) in [6.07, 6.45) is 3.17. The summed E-state index contributed by atoms with van der Waals surface area (Å²) in [4.78, 5) is 32.3. The molecule has 1 aromatic carbocycles. The molecule has 0 saturated carbocycles. The number of carbonyl (C=O) groups excluding carboxylic acids is 2. The van der Waals surface area contributed by atoms with E-state index in [9.17, 15) is 9.59 Å². The monoisotopic (exact) mass is 432 g/mol. The second-order valence-corrected chi connectivity index (χ2v) is 7.46. The molecule has 2 N–H and O–H groups in total. The Morgan fingerprint density at radius 1 is 1.08 bits per heavy atom. The smallest absolute Gasteiger partial charge is 0.321 e. The van der Waals surface area contributed by atoms with Crippen LogP contribution in [0.25, 0.3) is 0 Å². The van der Waals surface area contributed by atoms with Gasteiger partial charge in [0.25, 0.3) is 5.91 Å². The number of thiophene rings is 1. The molecule has 2 aromatic heterocycles.